The molecule has 3 heteroatoms. The third kappa shape index (κ3) is 3.34. The summed E-state index contributed by atoms with van der Waals surface area (Å²) < 4.78 is 6.27. The molecule has 3 N–H and O–H groups in total. The van der Waals surface area contributed by atoms with Crippen molar-refractivity contribution in [3.8, 4) is 22.3 Å². The van der Waals surface area contributed by atoms with Crippen molar-refractivity contribution >= 4 is 27.6 Å². The standard InChI is InChI=1S/C34H30N2O/c1-20(35)9-8-11-22-15-21-10-4-5-12-23(21)27-16-25-26-17-28-24-13-6-7-14-32(24)37-33(28)19-30(26)34(2,3)29(25)18-31(27)36-22/h4-14,16-19,22,36H,15,35H2,1-3H3/b11-8-,20-9-. The van der Waals surface area contributed by atoms with E-state index >= 15 is 0 Å². The molecular formula is C34H30N2O. The van der Waals surface area contributed by atoms with Gasteiger partial charge in [-0.05, 0) is 83.1 Å². The predicted molar refractivity (Wildman–Crippen MR) is 155 cm³/mol. The van der Waals surface area contributed by atoms with Crippen LogP contribution in [-0.2, 0) is 11.8 Å². The first-order valence-corrected chi connectivity index (χ1v) is 13.0. The molecule has 3 nitrogen and oxygen atoms in total. The van der Waals surface area contributed by atoms with Crippen molar-refractivity contribution in [2.75, 3.05) is 5.32 Å². The van der Waals surface area contributed by atoms with Gasteiger partial charge in [0, 0.05) is 39.2 Å². The van der Waals surface area contributed by atoms with Gasteiger partial charge in [0.2, 0.25) is 0 Å². The van der Waals surface area contributed by atoms with Crippen LogP contribution in [0, 0.1) is 0 Å². The molecule has 0 bridgehead atoms. The second-order valence-corrected chi connectivity index (χ2v) is 11.0. The van der Waals surface area contributed by atoms with Crippen molar-refractivity contribution in [3.63, 3.8) is 0 Å². The molecule has 0 amide bonds. The second kappa shape index (κ2) is 7.88. The van der Waals surface area contributed by atoms with Crippen molar-refractivity contribution < 1.29 is 4.42 Å². The van der Waals surface area contributed by atoms with E-state index in [0.717, 1.165) is 23.3 Å². The van der Waals surface area contributed by atoms with Crippen LogP contribution in [0.2, 0.25) is 0 Å². The molecule has 7 rings (SSSR count). The van der Waals surface area contributed by atoms with Crippen LogP contribution in [0.3, 0.4) is 0 Å². The van der Waals surface area contributed by atoms with Gasteiger partial charge in [-0.2, -0.15) is 0 Å². The van der Waals surface area contributed by atoms with Crippen LogP contribution in [0.25, 0.3) is 44.2 Å². The molecule has 1 unspecified atom stereocenters. The summed E-state index contributed by atoms with van der Waals surface area (Å²) >= 11 is 0. The average Bonchev–Trinajstić information content (AvgIpc) is 3.28. The average molecular weight is 483 g/mol. The normalized spacial score (nSPS) is 17.8. The van der Waals surface area contributed by atoms with E-state index in [1.165, 1.54) is 55.4 Å². The highest BCUT2D eigenvalue weighted by Gasteiger charge is 2.38. The van der Waals surface area contributed by atoms with Crippen LogP contribution >= 0.6 is 0 Å². The lowest BCUT2D eigenvalue weighted by atomic mass is 9.81. The summed E-state index contributed by atoms with van der Waals surface area (Å²) in [7, 11) is 0. The molecule has 182 valence electrons. The molecule has 37 heavy (non-hydrogen) atoms. The quantitative estimate of drug-likeness (QED) is 0.249. The highest BCUT2D eigenvalue weighted by atomic mass is 16.3. The van der Waals surface area contributed by atoms with Crippen molar-refractivity contribution in [1.82, 2.24) is 0 Å². The maximum absolute atomic E-state index is 6.27. The smallest absolute Gasteiger partial charge is 0.135 e. The maximum atomic E-state index is 6.27. The number of hydrogen-bond acceptors (Lipinski definition) is 3. The summed E-state index contributed by atoms with van der Waals surface area (Å²) in [5, 5.41) is 6.20. The Morgan fingerprint density at radius 2 is 1.62 bits per heavy atom. The van der Waals surface area contributed by atoms with Gasteiger partial charge in [0.15, 0.2) is 0 Å². The van der Waals surface area contributed by atoms with E-state index in [4.69, 9.17) is 10.2 Å². The number of nitrogens with one attached hydrogen (secondary N) is 1. The summed E-state index contributed by atoms with van der Waals surface area (Å²) in [6.07, 6.45) is 7.16. The molecule has 0 saturated carbocycles. The van der Waals surface area contributed by atoms with Crippen molar-refractivity contribution in [2.24, 2.45) is 5.73 Å². The van der Waals surface area contributed by atoms with E-state index in [1.807, 2.05) is 19.1 Å². The number of furan rings is 1. The lowest BCUT2D eigenvalue weighted by molar-refractivity contribution is 0.647. The van der Waals surface area contributed by atoms with Gasteiger partial charge in [0.1, 0.15) is 11.2 Å². The van der Waals surface area contributed by atoms with Gasteiger partial charge in [0.05, 0.1) is 0 Å². The van der Waals surface area contributed by atoms with E-state index in [2.05, 4.69) is 98.0 Å². The van der Waals surface area contributed by atoms with Crippen LogP contribution in [0.4, 0.5) is 5.69 Å². The molecule has 5 aromatic rings. The second-order valence-electron chi connectivity index (χ2n) is 11.0. The topological polar surface area (TPSA) is 51.2 Å². The highest BCUT2D eigenvalue weighted by Crippen LogP contribution is 2.53. The van der Waals surface area contributed by atoms with Crippen LogP contribution in [0.1, 0.15) is 37.5 Å². The summed E-state index contributed by atoms with van der Waals surface area (Å²) in [6.45, 7) is 6.57. The Labute approximate surface area is 217 Å². The number of fused-ring (bicyclic) bond motifs is 9. The van der Waals surface area contributed by atoms with E-state index in [1.54, 1.807) is 0 Å². The molecule has 4 aromatic carbocycles. The molecule has 1 atom stereocenters. The van der Waals surface area contributed by atoms with Gasteiger partial charge in [-0.15, -0.1) is 0 Å². The Bertz CT molecular complexity index is 1780. The molecular weight excluding hydrogens is 452 g/mol. The predicted octanol–water partition coefficient (Wildman–Crippen LogP) is 8.31. The number of nitrogens with two attached hydrogens (primary N) is 1. The first kappa shape index (κ1) is 22.0. The molecule has 0 spiro atoms. The van der Waals surface area contributed by atoms with Gasteiger partial charge >= 0.3 is 0 Å². The molecule has 2 heterocycles. The first-order chi connectivity index (χ1) is 17.9. The number of allylic oxidation sites excluding steroid dienone is 3. The number of rotatable bonds is 2. The van der Waals surface area contributed by atoms with Gasteiger partial charge in [-0.25, -0.2) is 0 Å². The summed E-state index contributed by atoms with van der Waals surface area (Å²) in [6, 6.07) is 26.7. The van der Waals surface area contributed by atoms with Crippen LogP contribution in [0.5, 0.6) is 0 Å². The fourth-order valence-electron chi connectivity index (χ4n) is 6.24. The Morgan fingerprint density at radius 3 is 2.49 bits per heavy atom. The summed E-state index contributed by atoms with van der Waals surface area (Å²) in [5.41, 5.74) is 18.8. The minimum Gasteiger partial charge on any atom is -0.456 e. The third-order valence-corrected chi connectivity index (χ3v) is 8.10. The summed E-state index contributed by atoms with van der Waals surface area (Å²) in [4.78, 5) is 0. The molecule has 0 saturated heterocycles. The molecule has 2 aliphatic rings. The largest absolute Gasteiger partial charge is 0.456 e. The van der Waals surface area contributed by atoms with Gasteiger partial charge in [-0.1, -0.05) is 68.5 Å². The molecule has 1 aromatic heterocycles. The Hall–Kier alpha value is -4.24. The van der Waals surface area contributed by atoms with E-state index in [-0.39, 0.29) is 11.5 Å². The lowest BCUT2D eigenvalue weighted by Crippen LogP contribution is -2.19. The van der Waals surface area contributed by atoms with Crippen molar-refractivity contribution in [3.05, 3.63) is 113 Å². The Morgan fingerprint density at radius 1 is 0.865 bits per heavy atom. The van der Waals surface area contributed by atoms with Gasteiger partial charge in [0.25, 0.3) is 0 Å². The van der Waals surface area contributed by atoms with E-state index in [0.29, 0.717) is 0 Å². The monoisotopic (exact) mass is 482 g/mol. The minimum atomic E-state index is -0.134. The third-order valence-electron chi connectivity index (χ3n) is 8.10. The minimum absolute atomic E-state index is 0.134. The van der Waals surface area contributed by atoms with Crippen molar-refractivity contribution in [1.29, 1.82) is 0 Å². The van der Waals surface area contributed by atoms with E-state index < -0.39 is 0 Å². The van der Waals surface area contributed by atoms with Gasteiger partial charge in [-0.3, -0.25) is 0 Å². The van der Waals surface area contributed by atoms with Crippen LogP contribution in [0.15, 0.2) is 101 Å². The Kier molecular flexibility index (Phi) is 4.68. The first-order valence-electron chi connectivity index (χ1n) is 13.0. The van der Waals surface area contributed by atoms with Gasteiger partial charge < -0.3 is 15.5 Å². The van der Waals surface area contributed by atoms with Crippen LogP contribution < -0.4 is 11.1 Å². The molecule has 0 radical (unpaired) electrons. The van der Waals surface area contributed by atoms with Crippen molar-refractivity contribution in [2.45, 2.75) is 38.6 Å². The highest BCUT2D eigenvalue weighted by molar-refractivity contribution is 6.08. The number of benzene rings is 4. The SMILES string of the molecule is C/C(N)=C/C=C\C1Cc2ccccc2-c2cc3c(cc2N1)C(C)(C)c1cc2oc4ccccc4c2cc1-3. The molecule has 1 aliphatic heterocycles. The zero-order valence-corrected chi connectivity index (χ0v) is 21.4. The molecule has 0 fully saturated rings. The number of para-hydroxylation sites is 1. The fraction of sp³-hybridized carbons (Fsp3) is 0.176. The fourth-order valence-corrected chi connectivity index (χ4v) is 6.24. The van der Waals surface area contributed by atoms with Crippen LogP contribution in [-0.4, -0.2) is 6.04 Å². The maximum Gasteiger partial charge on any atom is 0.135 e. The Balaban J connectivity index is 1.45. The molecule has 1 aliphatic carbocycles. The lowest BCUT2D eigenvalue weighted by Gasteiger charge is -2.23. The zero-order chi connectivity index (χ0) is 25.3. The number of anilines is 1. The zero-order valence-electron chi connectivity index (χ0n) is 21.4. The van der Waals surface area contributed by atoms with E-state index in [9.17, 15) is 0 Å². The number of hydrogen-bond donors (Lipinski definition) is 2. The summed E-state index contributed by atoms with van der Waals surface area (Å²) in [5.74, 6) is 0.